The highest BCUT2D eigenvalue weighted by atomic mass is 16.5. The summed E-state index contributed by atoms with van der Waals surface area (Å²) in [6.45, 7) is 3.89. The third kappa shape index (κ3) is 2.53. The van der Waals surface area contributed by atoms with E-state index in [1.54, 1.807) is 25.1 Å². The first-order chi connectivity index (χ1) is 8.61. The summed E-state index contributed by atoms with van der Waals surface area (Å²) in [5, 5.41) is 0. The second-order valence-corrected chi connectivity index (χ2v) is 4.34. The zero-order valence-corrected chi connectivity index (χ0v) is 10.6. The van der Waals surface area contributed by atoms with Gasteiger partial charge < -0.3 is 9.47 Å². The van der Waals surface area contributed by atoms with Gasteiger partial charge in [0.1, 0.15) is 5.75 Å². The van der Waals surface area contributed by atoms with Crippen LogP contribution in [0.3, 0.4) is 0 Å². The maximum Gasteiger partial charge on any atom is 0.379 e. The van der Waals surface area contributed by atoms with Gasteiger partial charge in [-0.05, 0) is 50.5 Å². The Hall–Kier alpha value is -1.84. The van der Waals surface area contributed by atoms with Crippen LogP contribution >= 0.6 is 0 Å². The van der Waals surface area contributed by atoms with Crippen LogP contribution in [0.5, 0.6) is 5.75 Å². The standard InChI is InChI=1S/C14H16O4/c1-3-17-14(16)13(15)11-6-7-12-10(8-11)5-4-9(2)18-12/h6-9H,3-5H2,1-2H3. The number of benzene rings is 1. The highest BCUT2D eigenvalue weighted by Gasteiger charge is 2.21. The Labute approximate surface area is 106 Å². The topological polar surface area (TPSA) is 52.6 Å². The molecule has 0 radical (unpaired) electrons. The lowest BCUT2D eigenvalue weighted by atomic mass is 9.99. The van der Waals surface area contributed by atoms with Crippen LogP contribution in [0.25, 0.3) is 0 Å². The van der Waals surface area contributed by atoms with E-state index in [0.29, 0.717) is 5.56 Å². The van der Waals surface area contributed by atoms with Gasteiger partial charge in [-0.1, -0.05) is 0 Å². The fraction of sp³-hybridized carbons (Fsp3) is 0.429. The van der Waals surface area contributed by atoms with Gasteiger partial charge in [0.25, 0.3) is 5.78 Å². The number of hydrogen-bond acceptors (Lipinski definition) is 4. The molecule has 96 valence electrons. The molecule has 0 aromatic heterocycles. The number of carbonyl (C=O) groups is 2. The molecule has 0 aliphatic carbocycles. The Morgan fingerprint density at radius 2 is 2.22 bits per heavy atom. The number of Topliss-reactive ketones (excluding diaryl/α,β-unsaturated/α-hetero) is 1. The fourth-order valence-electron chi connectivity index (χ4n) is 1.98. The van der Waals surface area contributed by atoms with Crippen molar-refractivity contribution in [2.24, 2.45) is 0 Å². The number of ketones is 1. The van der Waals surface area contributed by atoms with Crippen molar-refractivity contribution in [1.82, 2.24) is 0 Å². The van der Waals surface area contributed by atoms with Crippen molar-refractivity contribution in [3.63, 3.8) is 0 Å². The molecule has 0 N–H and O–H groups in total. The highest BCUT2D eigenvalue weighted by Crippen LogP contribution is 2.28. The van der Waals surface area contributed by atoms with E-state index in [4.69, 9.17) is 9.47 Å². The summed E-state index contributed by atoms with van der Waals surface area (Å²) in [7, 11) is 0. The lowest BCUT2D eigenvalue weighted by Crippen LogP contribution is -2.21. The number of hydrogen-bond donors (Lipinski definition) is 0. The van der Waals surface area contributed by atoms with E-state index in [1.807, 2.05) is 6.92 Å². The largest absolute Gasteiger partial charge is 0.490 e. The Morgan fingerprint density at radius 1 is 1.44 bits per heavy atom. The van der Waals surface area contributed by atoms with E-state index in [2.05, 4.69) is 0 Å². The van der Waals surface area contributed by atoms with Crippen LogP contribution in [0.15, 0.2) is 18.2 Å². The summed E-state index contributed by atoms with van der Waals surface area (Å²) in [6, 6.07) is 5.08. The number of aryl methyl sites for hydroxylation is 1. The first kappa shape index (κ1) is 12.6. The van der Waals surface area contributed by atoms with E-state index >= 15 is 0 Å². The normalized spacial score (nSPS) is 17.6. The summed E-state index contributed by atoms with van der Waals surface area (Å²) in [4.78, 5) is 23.1. The summed E-state index contributed by atoms with van der Waals surface area (Å²) in [5.41, 5.74) is 1.34. The predicted molar refractivity (Wildman–Crippen MR) is 65.8 cm³/mol. The average Bonchev–Trinajstić information content (AvgIpc) is 2.37. The Kier molecular flexibility index (Phi) is 3.65. The molecular formula is C14H16O4. The van der Waals surface area contributed by atoms with Gasteiger partial charge in [-0.25, -0.2) is 4.79 Å². The number of fused-ring (bicyclic) bond motifs is 1. The van der Waals surface area contributed by atoms with Crippen molar-refractivity contribution in [2.75, 3.05) is 6.61 Å². The number of esters is 1. The highest BCUT2D eigenvalue weighted by molar-refractivity contribution is 6.40. The average molecular weight is 248 g/mol. The molecule has 0 saturated carbocycles. The minimum absolute atomic E-state index is 0.198. The molecule has 0 saturated heterocycles. The molecule has 1 heterocycles. The summed E-state index contributed by atoms with van der Waals surface area (Å²) >= 11 is 0. The Balaban J connectivity index is 2.21. The molecule has 1 aromatic rings. The molecular weight excluding hydrogens is 232 g/mol. The zero-order chi connectivity index (χ0) is 13.1. The maximum absolute atomic E-state index is 11.8. The summed E-state index contributed by atoms with van der Waals surface area (Å²) in [6.07, 6.45) is 1.98. The third-order valence-electron chi connectivity index (χ3n) is 2.93. The molecule has 1 unspecified atom stereocenters. The third-order valence-corrected chi connectivity index (χ3v) is 2.93. The number of ether oxygens (including phenoxy) is 2. The van der Waals surface area contributed by atoms with Crippen molar-refractivity contribution >= 4 is 11.8 Å². The van der Waals surface area contributed by atoms with Gasteiger partial charge in [0, 0.05) is 5.56 Å². The van der Waals surface area contributed by atoms with Gasteiger partial charge in [0.2, 0.25) is 0 Å². The van der Waals surface area contributed by atoms with Crippen molar-refractivity contribution in [3.05, 3.63) is 29.3 Å². The molecule has 0 amide bonds. The van der Waals surface area contributed by atoms with Crippen LogP contribution in [0.1, 0.15) is 36.2 Å². The minimum atomic E-state index is -0.803. The lowest BCUT2D eigenvalue weighted by Gasteiger charge is -2.23. The van der Waals surface area contributed by atoms with E-state index in [1.165, 1.54) is 0 Å². The van der Waals surface area contributed by atoms with Crippen LogP contribution < -0.4 is 4.74 Å². The smallest absolute Gasteiger partial charge is 0.379 e. The summed E-state index contributed by atoms with van der Waals surface area (Å²) < 4.78 is 10.3. The van der Waals surface area contributed by atoms with Crippen molar-refractivity contribution in [2.45, 2.75) is 32.8 Å². The minimum Gasteiger partial charge on any atom is -0.490 e. The molecule has 2 rings (SSSR count). The van der Waals surface area contributed by atoms with Crippen LogP contribution in [-0.4, -0.2) is 24.5 Å². The molecule has 1 aliphatic rings. The molecule has 1 aromatic carbocycles. The quantitative estimate of drug-likeness (QED) is 0.467. The Bertz CT molecular complexity index is 479. The second-order valence-electron chi connectivity index (χ2n) is 4.34. The van der Waals surface area contributed by atoms with Crippen LogP contribution in [-0.2, 0) is 16.0 Å². The maximum atomic E-state index is 11.8. The van der Waals surface area contributed by atoms with Gasteiger partial charge in [-0.2, -0.15) is 0 Å². The van der Waals surface area contributed by atoms with Crippen molar-refractivity contribution in [1.29, 1.82) is 0 Å². The molecule has 0 bridgehead atoms. The molecule has 4 heteroatoms. The van der Waals surface area contributed by atoms with E-state index in [0.717, 1.165) is 24.2 Å². The lowest BCUT2D eigenvalue weighted by molar-refractivity contribution is -0.137. The molecule has 1 aliphatic heterocycles. The van der Waals surface area contributed by atoms with Crippen LogP contribution in [0.2, 0.25) is 0 Å². The van der Waals surface area contributed by atoms with E-state index in [-0.39, 0.29) is 12.7 Å². The van der Waals surface area contributed by atoms with Crippen molar-refractivity contribution in [3.8, 4) is 5.75 Å². The van der Waals surface area contributed by atoms with Crippen molar-refractivity contribution < 1.29 is 19.1 Å². The van der Waals surface area contributed by atoms with Gasteiger partial charge in [-0.15, -0.1) is 0 Å². The SMILES string of the molecule is CCOC(=O)C(=O)c1ccc2c(c1)CCC(C)O2. The first-order valence-corrected chi connectivity index (χ1v) is 6.13. The van der Waals surface area contributed by atoms with Gasteiger partial charge in [-0.3, -0.25) is 4.79 Å². The van der Waals surface area contributed by atoms with Gasteiger partial charge in [0.15, 0.2) is 0 Å². The zero-order valence-electron chi connectivity index (χ0n) is 10.6. The molecule has 4 nitrogen and oxygen atoms in total. The number of rotatable bonds is 3. The fourth-order valence-corrected chi connectivity index (χ4v) is 1.98. The predicted octanol–water partition coefficient (Wildman–Crippen LogP) is 2.15. The van der Waals surface area contributed by atoms with E-state index in [9.17, 15) is 9.59 Å². The van der Waals surface area contributed by atoms with Gasteiger partial charge >= 0.3 is 5.97 Å². The summed E-state index contributed by atoms with van der Waals surface area (Å²) in [5.74, 6) is -0.602. The second kappa shape index (κ2) is 5.21. The van der Waals surface area contributed by atoms with Gasteiger partial charge in [0.05, 0.1) is 12.7 Å². The molecule has 18 heavy (non-hydrogen) atoms. The molecule has 1 atom stereocenters. The molecule has 0 spiro atoms. The molecule has 0 fully saturated rings. The number of carbonyl (C=O) groups excluding carboxylic acids is 2. The Morgan fingerprint density at radius 3 is 2.94 bits per heavy atom. The van der Waals surface area contributed by atoms with Crippen LogP contribution in [0, 0.1) is 0 Å². The van der Waals surface area contributed by atoms with E-state index < -0.39 is 11.8 Å². The van der Waals surface area contributed by atoms with Crippen LogP contribution in [0.4, 0.5) is 0 Å². The monoisotopic (exact) mass is 248 g/mol. The first-order valence-electron chi connectivity index (χ1n) is 6.13.